The van der Waals surface area contributed by atoms with E-state index in [1.54, 1.807) is 13.8 Å². The fraction of sp³-hybridized carbons (Fsp3) is 0.500. The molecular formula is C14H17ClN2O6. The first-order valence-corrected chi connectivity index (χ1v) is 7.48. The zero-order chi connectivity index (χ0) is 17.7. The molecular weight excluding hydrogens is 328 g/mol. The number of nitro benzene ring substituents is 2. The van der Waals surface area contributed by atoms with Crippen molar-refractivity contribution in [3.63, 3.8) is 0 Å². The van der Waals surface area contributed by atoms with Gasteiger partial charge in [-0.3, -0.25) is 25.0 Å². The Morgan fingerprint density at radius 2 is 1.83 bits per heavy atom. The third-order valence-electron chi connectivity index (χ3n) is 3.45. The summed E-state index contributed by atoms with van der Waals surface area (Å²) in [5, 5.41) is 21.3. The Morgan fingerprint density at radius 1 is 1.22 bits per heavy atom. The molecule has 2 atom stereocenters. The predicted octanol–water partition coefficient (Wildman–Crippen LogP) is 3.94. The second kappa shape index (κ2) is 7.87. The number of carbonyl (C=O) groups excluding carboxylic acids is 1. The number of rotatable bonds is 7. The molecule has 0 aliphatic rings. The Morgan fingerprint density at radius 3 is 2.26 bits per heavy atom. The zero-order valence-electron chi connectivity index (χ0n) is 12.9. The van der Waals surface area contributed by atoms with E-state index in [0.717, 1.165) is 6.07 Å². The molecule has 0 radical (unpaired) electrons. The van der Waals surface area contributed by atoms with Crippen LogP contribution >= 0.6 is 11.6 Å². The average molecular weight is 345 g/mol. The lowest BCUT2D eigenvalue weighted by molar-refractivity contribution is -0.394. The molecule has 1 aromatic carbocycles. The quantitative estimate of drug-likeness (QED) is 0.243. The molecule has 0 aliphatic carbocycles. The molecule has 0 unspecified atom stereocenters. The largest absolute Gasteiger partial charge is 0.418 e. The summed E-state index contributed by atoms with van der Waals surface area (Å²) in [5.74, 6) is -1.37. The molecule has 126 valence electrons. The Kier molecular flexibility index (Phi) is 6.44. The van der Waals surface area contributed by atoms with Crippen LogP contribution in [0.1, 0.15) is 45.1 Å². The lowest BCUT2D eigenvalue weighted by Gasteiger charge is -2.15. The van der Waals surface area contributed by atoms with E-state index in [1.807, 2.05) is 6.92 Å². The van der Waals surface area contributed by atoms with E-state index in [-0.39, 0.29) is 17.2 Å². The van der Waals surface area contributed by atoms with Gasteiger partial charge in [0.2, 0.25) is 5.75 Å². The van der Waals surface area contributed by atoms with E-state index >= 15 is 0 Å². The van der Waals surface area contributed by atoms with E-state index in [0.29, 0.717) is 12.8 Å². The van der Waals surface area contributed by atoms with Gasteiger partial charge in [0.25, 0.3) is 5.69 Å². The first-order valence-electron chi connectivity index (χ1n) is 7.05. The highest BCUT2D eigenvalue weighted by Gasteiger charge is 2.30. The Hall–Kier alpha value is -2.22. The van der Waals surface area contributed by atoms with Gasteiger partial charge in [0.1, 0.15) is 5.38 Å². The van der Waals surface area contributed by atoms with Crippen molar-refractivity contribution >= 4 is 28.9 Å². The highest BCUT2D eigenvalue weighted by molar-refractivity contribution is 6.30. The van der Waals surface area contributed by atoms with Crippen molar-refractivity contribution < 1.29 is 19.4 Å². The van der Waals surface area contributed by atoms with Crippen LogP contribution in [0.25, 0.3) is 0 Å². The molecule has 0 N–H and O–H groups in total. The minimum Gasteiger partial charge on any atom is -0.418 e. The monoisotopic (exact) mass is 344 g/mol. The number of ether oxygens (including phenoxy) is 1. The first-order chi connectivity index (χ1) is 10.7. The fourth-order valence-electron chi connectivity index (χ4n) is 1.89. The van der Waals surface area contributed by atoms with Gasteiger partial charge in [-0.15, -0.1) is 11.6 Å². The van der Waals surface area contributed by atoms with Gasteiger partial charge in [-0.05, 0) is 18.8 Å². The van der Waals surface area contributed by atoms with Crippen molar-refractivity contribution in [2.75, 3.05) is 0 Å². The van der Waals surface area contributed by atoms with Crippen molar-refractivity contribution in [3.8, 4) is 5.75 Å². The number of hydrogen-bond donors (Lipinski definition) is 0. The molecule has 0 aliphatic heterocycles. The summed E-state index contributed by atoms with van der Waals surface area (Å²) in [6, 6.07) is 1.97. The molecule has 0 heterocycles. The maximum atomic E-state index is 11.9. The van der Waals surface area contributed by atoms with E-state index < -0.39 is 32.6 Å². The topological polar surface area (TPSA) is 113 Å². The zero-order valence-corrected chi connectivity index (χ0v) is 13.7. The van der Waals surface area contributed by atoms with Crippen LogP contribution in [0.15, 0.2) is 12.1 Å². The van der Waals surface area contributed by atoms with Gasteiger partial charge in [0, 0.05) is 11.6 Å². The van der Waals surface area contributed by atoms with Crippen molar-refractivity contribution in [3.05, 3.63) is 37.9 Å². The first kappa shape index (κ1) is 18.8. The highest BCUT2D eigenvalue weighted by atomic mass is 35.5. The smallest absolute Gasteiger partial charge is 0.329 e. The number of benzene rings is 1. The third kappa shape index (κ3) is 4.38. The molecule has 0 aromatic heterocycles. The van der Waals surface area contributed by atoms with Crippen molar-refractivity contribution in [2.24, 2.45) is 0 Å². The highest BCUT2D eigenvalue weighted by Crippen LogP contribution is 2.40. The SMILES string of the molecule is CC[C@@H](C)c1cc([N+](=O)[O-])cc([N+](=O)[O-])c1OC(=O)[C@@H](Cl)CC. The second-order valence-corrected chi connectivity index (χ2v) is 5.53. The van der Waals surface area contributed by atoms with Gasteiger partial charge >= 0.3 is 11.7 Å². The molecule has 0 fully saturated rings. The van der Waals surface area contributed by atoms with Gasteiger partial charge in [0.05, 0.1) is 15.9 Å². The van der Waals surface area contributed by atoms with E-state index in [9.17, 15) is 25.0 Å². The number of non-ortho nitro benzene ring substituents is 1. The molecule has 0 bridgehead atoms. The van der Waals surface area contributed by atoms with Crippen LogP contribution in [0.5, 0.6) is 5.75 Å². The summed E-state index contributed by atoms with van der Waals surface area (Å²) >= 11 is 5.79. The number of alkyl halides is 1. The van der Waals surface area contributed by atoms with Crippen LogP contribution < -0.4 is 4.74 Å². The molecule has 9 heteroatoms. The summed E-state index contributed by atoms with van der Waals surface area (Å²) in [5.41, 5.74) is -0.811. The lowest BCUT2D eigenvalue weighted by atomic mass is 9.96. The van der Waals surface area contributed by atoms with Gasteiger partial charge < -0.3 is 4.74 Å². The maximum Gasteiger partial charge on any atom is 0.329 e. The van der Waals surface area contributed by atoms with Gasteiger partial charge in [0.15, 0.2) is 0 Å². The number of nitro groups is 2. The Balaban J connectivity index is 3.52. The van der Waals surface area contributed by atoms with Crippen LogP contribution in [0.4, 0.5) is 11.4 Å². The van der Waals surface area contributed by atoms with E-state index in [4.69, 9.17) is 16.3 Å². The standard InChI is InChI=1S/C14H17ClN2O6/c1-4-8(3)10-6-9(16(19)20)7-12(17(21)22)13(10)23-14(18)11(15)5-2/h6-8,11H,4-5H2,1-3H3/t8-,11+/m1/s1. The summed E-state index contributed by atoms with van der Waals surface area (Å²) in [7, 11) is 0. The number of carbonyl (C=O) groups is 1. The summed E-state index contributed by atoms with van der Waals surface area (Å²) in [6.07, 6.45) is 0.848. The molecule has 1 aromatic rings. The average Bonchev–Trinajstić information content (AvgIpc) is 2.52. The van der Waals surface area contributed by atoms with Crippen LogP contribution in [0.3, 0.4) is 0 Å². The number of halogens is 1. The number of hydrogen-bond acceptors (Lipinski definition) is 6. The molecule has 0 saturated heterocycles. The second-order valence-electron chi connectivity index (χ2n) is 5.00. The summed E-state index contributed by atoms with van der Waals surface area (Å²) in [6.45, 7) is 5.22. The minimum atomic E-state index is -0.949. The summed E-state index contributed by atoms with van der Waals surface area (Å²) in [4.78, 5) is 32.6. The van der Waals surface area contributed by atoms with Crippen LogP contribution in [0, 0.1) is 20.2 Å². The number of nitrogens with zero attached hydrogens (tertiary/aromatic N) is 2. The Labute approximate surface area is 137 Å². The lowest BCUT2D eigenvalue weighted by Crippen LogP contribution is -2.21. The fourth-order valence-corrected chi connectivity index (χ4v) is 1.93. The third-order valence-corrected chi connectivity index (χ3v) is 3.94. The molecule has 0 saturated carbocycles. The number of esters is 1. The molecule has 8 nitrogen and oxygen atoms in total. The van der Waals surface area contributed by atoms with E-state index in [2.05, 4.69) is 0 Å². The molecule has 23 heavy (non-hydrogen) atoms. The molecule has 1 rings (SSSR count). The van der Waals surface area contributed by atoms with Crippen molar-refractivity contribution in [1.29, 1.82) is 0 Å². The molecule has 0 amide bonds. The van der Waals surface area contributed by atoms with Crippen LogP contribution in [-0.2, 0) is 4.79 Å². The maximum absolute atomic E-state index is 11.9. The normalized spacial score (nSPS) is 13.2. The van der Waals surface area contributed by atoms with Gasteiger partial charge in [-0.1, -0.05) is 20.8 Å². The van der Waals surface area contributed by atoms with Crippen molar-refractivity contribution in [2.45, 2.75) is 44.9 Å². The van der Waals surface area contributed by atoms with E-state index in [1.165, 1.54) is 6.07 Å². The van der Waals surface area contributed by atoms with Crippen molar-refractivity contribution in [1.82, 2.24) is 0 Å². The van der Waals surface area contributed by atoms with Crippen LogP contribution in [0.2, 0.25) is 0 Å². The van der Waals surface area contributed by atoms with Crippen LogP contribution in [-0.4, -0.2) is 21.2 Å². The predicted molar refractivity (Wildman–Crippen MR) is 84.0 cm³/mol. The van der Waals surface area contributed by atoms with Gasteiger partial charge in [-0.25, -0.2) is 0 Å². The van der Waals surface area contributed by atoms with Gasteiger partial charge in [-0.2, -0.15) is 0 Å². The Bertz CT molecular complexity index is 634. The molecule has 0 spiro atoms. The minimum absolute atomic E-state index is 0.238. The summed E-state index contributed by atoms with van der Waals surface area (Å²) < 4.78 is 5.11.